The first-order valence-corrected chi connectivity index (χ1v) is 1.89. The Labute approximate surface area is 42.2 Å². The SMILES string of the molecule is [B]Oc1c(C)c1=O. The molecule has 1 aromatic carbocycles. The molecule has 0 aromatic heterocycles. The summed E-state index contributed by atoms with van der Waals surface area (Å²) in [4.78, 5) is 10.2. The second-order valence-electron chi connectivity index (χ2n) is 1.40. The summed E-state index contributed by atoms with van der Waals surface area (Å²) in [5.74, 6) is 0.319. The van der Waals surface area contributed by atoms with Gasteiger partial charge < -0.3 is 4.65 Å². The standard InChI is InChI=1S/C4H3BO2/c1-2-3(6)4(2)7-5/h1H3. The quantitative estimate of drug-likeness (QED) is 0.446. The van der Waals surface area contributed by atoms with Gasteiger partial charge in [-0.25, -0.2) is 0 Å². The summed E-state index contributed by atoms with van der Waals surface area (Å²) < 4.78 is 4.12. The van der Waals surface area contributed by atoms with Crippen molar-refractivity contribution in [3.05, 3.63) is 15.8 Å². The van der Waals surface area contributed by atoms with Gasteiger partial charge in [-0.1, -0.05) is 0 Å². The predicted octanol–water partition coefficient (Wildman–Crippen LogP) is -0.307. The third-order valence-corrected chi connectivity index (χ3v) is 0.943. The average Bonchev–Trinajstić information content (AvgIpc) is 2.17. The summed E-state index contributed by atoms with van der Waals surface area (Å²) in [6.45, 7) is 1.67. The molecule has 1 aromatic rings. The largest absolute Gasteiger partial charge is 0.565 e. The van der Waals surface area contributed by atoms with E-state index >= 15 is 0 Å². The molecule has 0 saturated heterocycles. The molecule has 0 aliphatic carbocycles. The van der Waals surface area contributed by atoms with Gasteiger partial charge in [-0.2, -0.15) is 0 Å². The Morgan fingerprint density at radius 3 is 2.14 bits per heavy atom. The number of hydrogen-bond donors (Lipinski definition) is 0. The minimum absolute atomic E-state index is 0.0532. The van der Waals surface area contributed by atoms with Gasteiger partial charge in [0.05, 0.1) is 0 Å². The van der Waals surface area contributed by atoms with E-state index in [2.05, 4.69) is 12.7 Å². The van der Waals surface area contributed by atoms with Crippen molar-refractivity contribution in [2.45, 2.75) is 6.92 Å². The van der Waals surface area contributed by atoms with Crippen LogP contribution in [0, 0.1) is 6.92 Å². The number of rotatable bonds is 1. The zero-order valence-corrected chi connectivity index (χ0v) is 3.89. The summed E-state index contributed by atoms with van der Waals surface area (Å²) in [6.07, 6.45) is 0. The van der Waals surface area contributed by atoms with Crippen molar-refractivity contribution in [3.8, 4) is 5.75 Å². The van der Waals surface area contributed by atoms with E-state index in [1.807, 2.05) is 0 Å². The van der Waals surface area contributed by atoms with Crippen molar-refractivity contribution < 1.29 is 4.65 Å². The Hall–Kier alpha value is -0.725. The lowest BCUT2D eigenvalue weighted by Gasteiger charge is -1.78. The van der Waals surface area contributed by atoms with E-state index < -0.39 is 0 Å². The van der Waals surface area contributed by atoms with Gasteiger partial charge in [-0.05, 0) is 6.92 Å². The third kappa shape index (κ3) is 0.445. The Kier molecular flexibility index (Phi) is 0.710. The molecule has 0 heterocycles. The van der Waals surface area contributed by atoms with E-state index in [4.69, 9.17) is 0 Å². The normalized spacial score (nSPS) is 9.86. The fraction of sp³-hybridized carbons (Fsp3) is 0.250. The Balaban J connectivity index is 2.81. The smallest absolute Gasteiger partial charge is 0.374 e. The monoisotopic (exact) mass is 94.0 g/mol. The molecule has 0 spiro atoms. The van der Waals surface area contributed by atoms with E-state index in [9.17, 15) is 4.79 Å². The van der Waals surface area contributed by atoms with Crippen molar-refractivity contribution in [1.29, 1.82) is 0 Å². The highest BCUT2D eigenvalue weighted by Gasteiger charge is 2.15. The van der Waals surface area contributed by atoms with Crippen molar-refractivity contribution in [2.24, 2.45) is 0 Å². The van der Waals surface area contributed by atoms with Crippen LogP contribution in [0.1, 0.15) is 5.56 Å². The highest BCUT2D eigenvalue weighted by atomic mass is 16.4. The fourth-order valence-corrected chi connectivity index (χ4v) is 0.378. The van der Waals surface area contributed by atoms with Crippen LogP contribution < -0.4 is 10.1 Å². The molecule has 2 radical (unpaired) electrons. The van der Waals surface area contributed by atoms with E-state index in [1.165, 1.54) is 0 Å². The van der Waals surface area contributed by atoms with E-state index in [0.717, 1.165) is 0 Å². The third-order valence-electron chi connectivity index (χ3n) is 0.943. The van der Waals surface area contributed by atoms with Crippen molar-refractivity contribution in [2.75, 3.05) is 0 Å². The summed E-state index contributed by atoms with van der Waals surface area (Å²) in [5, 5.41) is 0. The topological polar surface area (TPSA) is 26.3 Å². The molecular weight excluding hydrogens is 90.9 g/mol. The molecule has 7 heavy (non-hydrogen) atoms. The molecule has 0 atom stereocenters. The van der Waals surface area contributed by atoms with Crippen molar-refractivity contribution >= 4 is 8.05 Å². The first kappa shape index (κ1) is 4.43. The predicted molar refractivity (Wildman–Crippen MR) is 26.2 cm³/mol. The minimum Gasteiger partial charge on any atom is -0.565 e. The van der Waals surface area contributed by atoms with Gasteiger partial charge in [0.2, 0.25) is 5.43 Å². The lowest BCUT2D eigenvalue weighted by Crippen LogP contribution is -1.81. The molecule has 0 N–H and O–H groups in total. The molecule has 0 fully saturated rings. The fourth-order valence-electron chi connectivity index (χ4n) is 0.378. The Morgan fingerprint density at radius 1 is 1.71 bits per heavy atom. The van der Waals surface area contributed by atoms with Crippen LogP contribution in [0.3, 0.4) is 0 Å². The summed E-state index contributed by atoms with van der Waals surface area (Å²) in [6, 6.07) is 0. The first-order chi connectivity index (χ1) is 3.27. The highest BCUT2D eigenvalue weighted by Crippen LogP contribution is 2.14. The first-order valence-electron chi connectivity index (χ1n) is 1.89. The van der Waals surface area contributed by atoms with E-state index in [-0.39, 0.29) is 5.43 Å². The molecule has 34 valence electrons. The summed E-state index contributed by atoms with van der Waals surface area (Å²) >= 11 is 0. The Bertz CT molecular complexity index is 185. The molecule has 0 bridgehead atoms. The Morgan fingerprint density at radius 2 is 2.14 bits per heavy atom. The minimum atomic E-state index is -0.0532. The zero-order valence-electron chi connectivity index (χ0n) is 3.89. The molecule has 3 heteroatoms. The maximum absolute atomic E-state index is 10.2. The van der Waals surface area contributed by atoms with E-state index in [0.29, 0.717) is 11.3 Å². The lowest BCUT2D eigenvalue weighted by atomic mass is 10.5. The van der Waals surface area contributed by atoms with Crippen LogP contribution in [-0.4, -0.2) is 8.05 Å². The van der Waals surface area contributed by atoms with Crippen LogP contribution in [-0.2, 0) is 0 Å². The van der Waals surface area contributed by atoms with Crippen LogP contribution in [0.5, 0.6) is 5.75 Å². The molecule has 2 nitrogen and oxygen atoms in total. The van der Waals surface area contributed by atoms with Crippen LogP contribution in [0.4, 0.5) is 0 Å². The zero-order chi connectivity index (χ0) is 5.44. The molecule has 0 aliphatic heterocycles. The van der Waals surface area contributed by atoms with Gasteiger partial charge in [0.15, 0.2) is 5.75 Å². The number of hydrogen-bond acceptors (Lipinski definition) is 2. The second-order valence-corrected chi connectivity index (χ2v) is 1.40. The summed E-state index contributed by atoms with van der Waals surface area (Å²) in [7, 11) is 4.64. The van der Waals surface area contributed by atoms with Crippen molar-refractivity contribution in [1.82, 2.24) is 0 Å². The van der Waals surface area contributed by atoms with Crippen LogP contribution >= 0.6 is 0 Å². The molecular formula is C4H3BO2. The molecule has 0 aliphatic rings. The molecule has 0 amide bonds. The maximum Gasteiger partial charge on any atom is 0.374 e. The van der Waals surface area contributed by atoms with Crippen LogP contribution in [0.25, 0.3) is 0 Å². The molecule has 1 rings (SSSR count). The summed E-state index contributed by atoms with van der Waals surface area (Å²) in [5.41, 5.74) is 0.588. The lowest BCUT2D eigenvalue weighted by molar-refractivity contribution is 0.630. The van der Waals surface area contributed by atoms with Gasteiger partial charge in [0.1, 0.15) is 0 Å². The van der Waals surface area contributed by atoms with Crippen LogP contribution in [0.15, 0.2) is 4.79 Å². The van der Waals surface area contributed by atoms with Gasteiger partial charge in [-0.15, -0.1) is 0 Å². The van der Waals surface area contributed by atoms with Gasteiger partial charge in [0.25, 0.3) is 0 Å². The average molecular weight is 93.9 g/mol. The molecule has 0 saturated carbocycles. The van der Waals surface area contributed by atoms with Gasteiger partial charge in [-0.3, -0.25) is 4.79 Å². The maximum atomic E-state index is 10.2. The second kappa shape index (κ2) is 1.12. The molecule has 0 unspecified atom stereocenters. The van der Waals surface area contributed by atoms with E-state index in [1.54, 1.807) is 6.92 Å². The highest BCUT2D eigenvalue weighted by molar-refractivity contribution is 6.00. The van der Waals surface area contributed by atoms with Crippen LogP contribution in [0.2, 0.25) is 0 Å². The van der Waals surface area contributed by atoms with Gasteiger partial charge >= 0.3 is 8.05 Å². The van der Waals surface area contributed by atoms with Gasteiger partial charge in [0, 0.05) is 5.56 Å². The van der Waals surface area contributed by atoms with Crippen molar-refractivity contribution in [3.63, 3.8) is 0 Å².